The standard InChI is InChI=1S/C13H19ClFN3/c1-9-7-18(8-10(2)17(9)3)13-11(5-14)4-12(15)6-16-13/h4,6,9-10H,5,7-8H2,1-3H3. The molecule has 1 aliphatic heterocycles. The second-order valence-electron chi connectivity index (χ2n) is 5.04. The third kappa shape index (κ3) is 2.59. The summed E-state index contributed by atoms with van der Waals surface area (Å²) in [5.41, 5.74) is 0.764. The topological polar surface area (TPSA) is 19.4 Å². The molecule has 2 atom stereocenters. The van der Waals surface area contributed by atoms with Gasteiger partial charge in [-0.2, -0.15) is 0 Å². The zero-order valence-corrected chi connectivity index (χ0v) is 11.8. The van der Waals surface area contributed by atoms with Crippen molar-refractivity contribution >= 4 is 17.4 Å². The van der Waals surface area contributed by atoms with Crippen LogP contribution in [-0.4, -0.2) is 42.1 Å². The molecule has 2 unspecified atom stereocenters. The van der Waals surface area contributed by atoms with Crippen molar-refractivity contribution in [2.24, 2.45) is 0 Å². The molecule has 2 rings (SSSR count). The number of rotatable bonds is 2. The lowest BCUT2D eigenvalue weighted by Gasteiger charge is -2.43. The van der Waals surface area contributed by atoms with E-state index in [2.05, 4.69) is 35.7 Å². The molecule has 3 nitrogen and oxygen atoms in total. The normalized spacial score (nSPS) is 25.5. The number of nitrogens with zero attached hydrogens (tertiary/aromatic N) is 3. The predicted molar refractivity (Wildman–Crippen MR) is 72.7 cm³/mol. The summed E-state index contributed by atoms with van der Waals surface area (Å²) in [6, 6.07) is 2.37. The minimum Gasteiger partial charge on any atom is -0.353 e. The van der Waals surface area contributed by atoms with Crippen LogP contribution in [0.5, 0.6) is 0 Å². The summed E-state index contributed by atoms with van der Waals surface area (Å²) in [6.45, 7) is 6.16. The molecule has 0 radical (unpaired) electrons. The number of hydrogen-bond acceptors (Lipinski definition) is 3. The molecule has 1 aliphatic rings. The highest BCUT2D eigenvalue weighted by Gasteiger charge is 2.28. The molecule has 0 N–H and O–H groups in total. The van der Waals surface area contributed by atoms with Gasteiger partial charge in [0.1, 0.15) is 11.6 Å². The molecule has 0 aliphatic carbocycles. The smallest absolute Gasteiger partial charge is 0.141 e. The van der Waals surface area contributed by atoms with Crippen LogP contribution in [0, 0.1) is 5.82 Å². The molecule has 2 heterocycles. The Balaban J connectivity index is 2.26. The number of aromatic nitrogens is 1. The van der Waals surface area contributed by atoms with E-state index in [0.29, 0.717) is 12.1 Å². The Morgan fingerprint density at radius 2 is 2.00 bits per heavy atom. The second kappa shape index (κ2) is 5.41. The van der Waals surface area contributed by atoms with Crippen LogP contribution in [0.15, 0.2) is 12.3 Å². The van der Waals surface area contributed by atoms with Crippen LogP contribution in [0.3, 0.4) is 0 Å². The van der Waals surface area contributed by atoms with E-state index in [9.17, 15) is 4.39 Å². The van der Waals surface area contributed by atoms with E-state index >= 15 is 0 Å². The summed E-state index contributed by atoms with van der Waals surface area (Å²) < 4.78 is 13.2. The number of piperazine rings is 1. The molecule has 100 valence electrons. The first-order valence-electron chi connectivity index (χ1n) is 6.20. The molecular formula is C13H19ClFN3. The van der Waals surface area contributed by atoms with Crippen molar-refractivity contribution in [2.45, 2.75) is 31.8 Å². The first-order valence-corrected chi connectivity index (χ1v) is 6.73. The highest BCUT2D eigenvalue weighted by molar-refractivity contribution is 6.17. The van der Waals surface area contributed by atoms with Crippen molar-refractivity contribution in [3.8, 4) is 0 Å². The summed E-state index contributed by atoms with van der Waals surface area (Å²) in [4.78, 5) is 8.76. The van der Waals surface area contributed by atoms with E-state index in [1.54, 1.807) is 0 Å². The van der Waals surface area contributed by atoms with Gasteiger partial charge in [-0.1, -0.05) is 0 Å². The number of pyridine rings is 1. The predicted octanol–water partition coefficient (Wildman–Crippen LogP) is 2.49. The molecule has 1 fully saturated rings. The Morgan fingerprint density at radius 1 is 1.39 bits per heavy atom. The number of anilines is 1. The number of alkyl halides is 1. The number of halogens is 2. The monoisotopic (exact) mass is 271 g/mol. The van der Waals surface area contributed by atoms with Gasteiger partial charge >= 0.3 is 0 Å². The van der Waals surface area contributed by atoms with Crippen LogP contribution in [0.25, 0.3) is 0 Å². The maximum absolute atomic E-state index is 13.2. The molecule has 1 saturated heterocycles. The van der Waals surface area contributed by atoms with Crippen molar-refractivity contribution in [3.63, 3.8) is 0 Å². The van der Waals surface area contributed by atoms with Crippen molar-refractivity contribution in [1.82, 2.24) is 9.88 Å². The van der Waals surface area contributed by atoms with Gasteiger partial charge in [-0.15, -0.1) is 11.6 Å². The summed E-state index contributed by atoms with van der Waals surface area (Å²) in [5.74, 6) is 0.776. The first-order chi connectivity index (χ1) is 8.52. The number of hydrogen-bond donors (Lipinski definition) is 0. The summed E-state index contributed by atoms with van der Waals surface area (Å²) in [6.07, 6.45) is 1.26. The lowest BCUT2D eigenvalue weighted by atomic mass is 10.1. The molecule has 1 aromatic rings. The van der Waals surface area contributed by atoms with Crippen LogP contribution in [-0.2, 0) is 5.88 Å². The first kappa shape index (κ1) is 13.6. The Bertz CT molecular complexity index is 415. The third-order valence-corrected chi connectivity index (χ3v) is 4.00. The Hall–Kier alpha value is -0.870. The molecule has 0 bridgehead atoms. The maximum atomic E-state index is 13.2. The van der Waals surface area contributed by atoms with Gasteiger partial charge in [-0.25, -0.2) is 9.37 Å². The zero-order chi connectivity index (χ0) is 13.3. The van der Waals surface area contributed by atoms with E-state index in [-0.39, 0.29) is 11.7 Å². The van der Waals surface area contributed by atoms with Crippen molar-refractivity contribution in [3.05, 3.63) is 23.6 Å². The summed E-state index contributed by atoms with van der Waals surface area (Å²) in [5, 5.41) is 0. The van der Waals surface area contributed by atoms with Crippen molar-refractivity contribution < 1.29 is 4.39 Å². The maximum Gasteiger partial charge on any atom is 0.141 e. The molecule has 0 aromatic carbocycles. The second-order valence-corrected chi connectivity index (χ2v) is 5.31. The summed E-state index contributed by atoms with van der Waals surface area (Å²) >= 11 is 5.88. The van der Waals surface area contributed by atoms with Gasteiger partial charge < -0.3 is 4.90 Å². The Labute approximate surface area is 113 Å². The van der Waals surface area contributed by atoms with Gasteiger partial charge in [0, 0.05) is 30.7 Å². The van der Waals surface area contributed by atoms with E-state index in [4.69, 9.17) is 11.6 Å². The minimum atomic E-state index is -0.329. The van der Waals surface area contributed by atoms with E-state index in [1.165, 1.54) is 12.3 Å². The molecule has 0 spiro atoms. The third-order valence-electron chi connectivity index (χ3n) is 3.71. The highest BCUT2D eigenvalue weighted by atomic mass is 35.5. The minimum absolute atomic E-state index is 0.287. The average Bonchev–Trinajstić information content (AvgIpc) is 2.35. The molecule has 1 aromatic heterocycles. The van der Waals surface area contributed by atoms with Gasteiger partial charge in [0.25, 0.3) is 0 Å². The largest absolute Gasteiger partial charge is 0.353 e. The van der Waals surface area contributed by atoms with Crippen LogP contribution < -0.4 is 4.90 Å². The fraction of sp³-hybridized carbons (Fsp3) is 0.615. The van der Waals surface area contributed by atoms with Crippen LogP contribution in [0.4, 0.5) is 10.2 Å². The molecule has 5 heteroatoms. The van der Waals surface area contributed by atoms with Gasteiger partial charge in [-0.05, 0) is 27.0 Å². The lowest BCUT2D eigenvalue weighted by molar-refractivity contribution is 0.169. The molecule has 0 amide bonds. The lowest BCUT2D eigenvalue weighted by Crippen LogP contribution is -2.55. The van der Waals surface area contributed by atoms with Crippen LogP contribution >= 0.6 is 11.6 Å². The fourth-order valence-corrected chi connectivity index (χ4v) is 2.63. The number of likely N-dealkylation sites (N-methyl/N-ethyl adjacent to an activating group) is 1. The highest BCUT2D eigenvalue weighted by Crippen LogP contribution is 2.24. The van der Waals surface area contributed by atoms with E-state index in [1.807, 2.05) is 0 Å². The van der Waals surface area contributed by atoms with Gasteiger partial charge in [0.05, 0.1) is 12.1 Å². The van der Waals surface area contributed by atoms with E-state index < -0.39 is 0 Å². The fourth-order valence-electron chi connectivity index (χ4n) is 2.43. The van der Waals surface area contributed by atoms with Crippen LogP contribution in [0.2, 0.25) is 0 Å². The molecule has 0 saturated carbocycles. The Kier molecular flexibility index (Phi) is 4.07. The zero-order valence-electron chi connectivity index (χ0n) is 11.0. The Morgan fingerprint density at radius 3 is 2.56 bits per heavy atom. The van der Waals surface area contributed by atoms with Crippen LogP contribution in [0.1, 0.15) is 19.4 Å². The SMILES string of the molecule is CC1CN(c2ncc(F)cc2CCl)CC(C)N1C. The van der Waals surface area contributed by atoms with Crippen molar-refractivity contribution in [1.29, 1.82) is 0 Å². The molecular weight excluding hydrogens is 253 g/mol. The van der Waals surface area contributed by atoms with Gasteiger partial charge in [-0.3, -0.25) is 4.90 Å². The average molecular weight is 272 g/mol. The molecule has 18 heavy (non-hydrogen) atoms. The van der Waals surface area contributed by atoms with E-state index in [0.717, 1.165) is 24.5 Å². The quantitative estimate of drug-likeness (QED) is 0.771. The summed E-state index contributed by atoms with van der Waals surface area (Å²) in [7, 11) is 2.13. The van der Waals surface area contributed by atoms with Gasteiger partial charge in [0.15, 0.2) is 0 Å². The van der Waals surface area contributed by atoms with Gasteiger partial charge in [0.2, 0.25) is 0 Å². The van der Waals surface area contributed by atoms with Crippen molar-refractivity contribution in [2.75, 3.05) is 25.0 Å².